The van der Waals surface area contributed by atoms with E-state index in [1.807, 2.05) is 36.4 Å². The van der Waals surface area contributed by atoms with E-state index < -0.39 is 11.9 Å². The minimum atomic E-state index is -1.82. The largest absolute Gasteiger partial charge is 0.497 e. The van der Waals surface area contributed by atoms with Crippen LogP contribution in [-0.2, 0) is 22.7 Å². The molecule has 146 valence electrons. The van der Waals surface area contributed by atoms with Crippen molar-refractivity contribution in [1.29, 1.82) is 0 Å². The number of carbonyl (C=O) groups is 2. The number of benzene rings is 2. The third-order valence-corrected chi connectivity index (χ3v) is 3.46. The maximum atomic E-state index is 9.10. The van der Waals surface area contributed by atoms with E-state index >= 15 is 0 Å². The summed E-state index contributed by atoms with van der Waals surface area (Å²) in [5, 5.41) is 18.2. The van der Waals surface area contributed by atoms with Crippen LogP contribution in [0.1, 0.15) is 11.1 Å². The van der Waals surface area contributed by atoms with Crippen LogP contribution < -0.4 is 19.5 Å². The first-order valence-corrected chi connectivity index (χ1v) is 7.92. The van der Waals surface area contributed by atoms with Gasteiger partial charge >= 0.3 is 11.9 Å². The van der Waals surface area contributed by atoms with Gasteiger partial charge in [0.15, 0.2) is 0 Å². The van der Waals surface area contributed by atoms with Crippen molar-refractivity contribution in [2.75, 3.05) is 21.3 Å². The smallest absolute Gasteiger partial charge is 0.414 e. The van der Waals surface area contributed by atoms with Crippen molar-refractivity contribution in [2.24, 2.45) is 0 Å². The molecule has 8 nitrogen and oxygen atoms in total. The Balaban J connectivity index is 0.000000527. The van der Waals surface area contributed by atoms with Gasteiger partial charge in [-0.05, 0) is 23.8 Å². The van der Waals surface area contributed by atoms with Gasteiger partial charge in [0.2, 0.25) is 0 Å². The summed E-state index contributed by atoms with van der Waals surface area (Å²) in [6.07, 6.45) is 0. The molecule has 0 bridgehead atoms. The summed E-state index contributed by atoms with van der Waals surface area (Å²) >= 11 is 0. The summed E-state index contributed by atoms with van der Waals surface area (Å²) < 4.78 is 15.8. The number of hydrogen-bond acceptors (Lipinski definition) is 6. The van der Waals surface area contributed by atoms with Gasteiger partial charge < -0.3 is 29.7 Å². The number of rotatable bonds is 7. The fourth-order valence-electron chi connectivity index (χ4n) is 2.12. The second kappa shape index (κ2) is 11.4. The lowest BCUT2D eigenvalue weighted by atomic mass is 10.1. The molecule has 0 radical (unpaired) electrons. The zero-order chi connectivity index (χ0) is 20.2. The average Bonchev–Trinajstić information content (AvgIpc) is 2.68. The van der Waals surface area contributed by atoms with Crippen LogP contribution in [0.4, 0.5) is 0 Å². The molecule has 0 atom stereocenters. The predicted octanol–water partition coefficient (Wildman–Crippen LogP) is 2.16. The van der Waals surface area contributed by atoms with E-state index in [2.05, 4.69) is 11.4 Å². The van der Waals surface area contributed by atoms with Crippen LogP contribution in [0.15, 0.2) is 42.5 Å². The second-order valence-corrected chi connectivity index (χ2v) is 5.24. The molecule has 0 heterocycles. The molecule has 8 heteroatoms. The summed E-state index contributed by atoms with van der Waals surface area (Å²) in [4.78, 5) is 18.2. The maximum Gasteiger partial charge on any atom is 0.414 e. The number of aliphatic carboxylic acids is 2. The number of ether oxygens (including phenoxy) is 3. The van der Waals surface area contributed by atoms with Crippen LogP contribution in [0.2, 0.25) is 0 Å². The van der Waals surface area contributed by atoms with Gasteiger partial charge in [-0.25, -0.2) is 9.59 Å². The Bertz CT molecular complexity index is 749. The van der Waals surface area contributed by atoms with Gasteiger partial charge in [-0.3, -0.25) is 0 Å². The molecular weight excluding hydrogens is 354 g/mol. The van der Waals surface area contributed by atoms with E-state index in [4.69, 9.17) is 34.0 Å². The molecule has 2 aromatic carbocycles. The molecule has 2 aromatic rings. The van der Waals surface area contributed by atoms with Crippen molar-refractivity contribution in [1.82, 2.24) is 5.32 Å². The first-order chi connectivity index (χ1) is 12.9. The lowest BCUT2D eigenvalue weighted by Gasteiger charge is -2.11. The van der Waals surface area contributed by atoms with E-state index in [1.54, 1.807) is 21.3 Å². The van der Waals surface area contributed by atoms with Crippen molar-refractivity contribution < 1.29 is 34.0 Å². The molecule has 0 aromatic heterocycles. The molecule has 0 saturated heterocycles. The van der Waals surface area contributed by atoms with Gasteiger partial charge in [0.1, 0.15) is 17.2 Å². The van der Waals surface area contributed by atoms with Crippen molar-refractivity contribution in [3.63, 3.8) is 0 Å². The van der Waals surface area contributed by atoms with Crippen LogP contribution in [0.3, 0.4) is 0 Å². The molecule has 0 amide bonds. The Hall–Kier alpha value is -3.26. The van der Waals surface area contributed by atoms with Crippen LogP contribution >= 0.6 is 0 Å². The monoisotopic (exact) mass is 377 g/mol. The van der Waals surface area contributed by atoms with Crippen molar-refractivity contribution in [2.45, 2.75) is 13.1 Å². The Labute approximate surface area is 157 Å². The minimum Gasteiger partial charge on any atom is -0.497 e. The highest BCUT2D eigenvalue weighted by atomic mass is 16.5. The Morgan fingerprint density at radius 1 is 0.852 bits per heavy atom. The fourth-order valence-corrected chi connectivity index (χ4v) is 2.12. The van der Waals surface area contributed by atoms with E-state index in [1.165, 1.54) is 5.56 Å². The van der Waals surface area contributed by atoms with Crippen LogP contribution in [-0.4, -0.2) is 43.5 Å². The molecule has 0 spiro atoms. The van der Waals surface area contributed by atoms with Crippen LogP contribution in [0.25, 0.3) is 0 Å². The number of nitrogens with one attached hydrogen (secondary N) is 1. The molecule has 0 aliphatic rings. The van der Waals surface area contributed by atoms with Gasteiger partial charge in [-0.15, -0.1) is 0 Å². The zero-order valence-corrected chi connectivity index (χ0v) is 15.4. The lowest BCUT2D eigenvalue weighted by molar-refractivity contribution is -0.159. The number of hydrogen-bond donors (Lipinski definition) is 3. The SMILES string of the molecule is COc1cccc(CNCc2ccc(OC)cc2OC)c1.O=C(O)C(=O)O. The molecule has 0 saturated carbocycles. The molecule has 2 rings (SSSR count). The first kappa shape index (κ1) is 21.8. The Kier molecular flexibility index (Phi) is 9.18. The van der Waals surface area contributed by atoms with Crippen LogP contribution in [0.5, 0.6) is 17.2 Å². The van der Waals surface area contributed by atoms with E-state index in [0.717, 1.165) is 35.9 Å². The molecular formula is C19H23NO7. The third kappa shape index (κ3) is 7.66. The molecule has 0 fully saturated rings. The molecule has 0 aliphatic heterocycles. The van der Waals surface area contributed by atoms with Gasteiger partial charge in [-0.2, -0.15) is 0 Å². The molecule has 27 heavy (non-hydrogen) atoms. The number of carboxylic acid groups (broad SMARTS) is 2. The predicted molar refractivity (Wildman–Crippen MR) is 98.4 cm³/mol. The standard InChI is InChI=1S/C17H21NO3.C2H2O4/c1-19-15-6-4-5-13(9-15)11-18-12-14-7-8-16(20-2)10-17(14)21-3;3-1(4)2(5)6/h4-10,18H,11-12H2,1-3H3;(H,3,4)(H,5,6). The normalized spacial score (nSPS) is 9.59. The first-order valence-electron chi connectivity index (χ1n) is 7.92. The van der Waals surface area contributed by atoms with Crippen molar-refractivity contribution in [3.8, 4) is 17.2 Å². The second-order valence-electron chi connectivity index (χ2n) is 5.24. The van der Waals surface area contributed by atoms with Crippen molar-refractivity contribution >= 4 is 11.9 Å². The third-order valence-electron chi connectivity index (χ3n) is 3.46. The summed E-state index contributed by atoms with van der Waals surface area (Å²) in [5.41, 5.74) is 2.28. The van der Waals surface area contributed by atoms with E-state index in [9.17, 15) is 0 Å². The summed E-state index contributed by atoms with van der Waals surface area (Å²) in [5.74, 6) is -1.16. The number of methoxy groups -OCH3 is 3. The summed E-state index contributed by atoms with van der Waals surface area (Å²) in [6.45, 7) is 1.50. The molecule has 0 aliphatic carbocycles. The minimum absolute atomic E-state index is 0.727. The zero-order valence-electron chi connectivity index (χ0n) is 15.4. The van der Waals surface area contributed by atoms with Crippen molar-refractivity contribution in [3.05, 3.63) is 53.6 Å². The summed E-state index contributed by atoms with van der Waals surface area (Å²) in [7, 11) is 4.99. The van der Waals surface area contributed by atoms with Gasteiger partial charge in [-0.1, -0.05) is 18.2 Å². The van der Waals surface area contributed by atoms with Crippen LogP contribution in [0, 0.1) is 0 Å². The van der Waals surface area contributed by atoms with Gasteiger partial charge in [0, 0.05) is 24.7 Å². The fraction of sp³-hybridized carbons (Fsp3) is 0.263. The number of carboxylic acids is 2. The Morgan fingerprint density at radius 3 is 2.04 bits per heavy atom. The van der Waals surface area contributed by atoms with E-state index in [-0.39, 0.29) is 0 Å². The van der Waals surface area contributed by atoms with Gasteiger partial charge in [0.25, 0.3) is 0 Å². The average molecular weight is 377 g/mol. The highest BCUT2D eigenvalue weighted by Crippen LogP contribution is 2.24. The molecule has 3 N–H and O–H groups in total. The maximum absolute atomic E-state index is 9.10. The molecule has 0 unspecified atom stereocenters. The van der Waals surface area contributed by atoms with E-state index in [0.29, 0.717) is 0 Å². The highest BCUT2D eigenvalue weighted by molar-refractivity contribution is 6.27. The lowest BCUT2D eigenvalue weighted by Crippen LogP contribution is -2.13. The summed E-state index contributed by atoms with van der Waals surface area (Å²) in [6, 6.07) is 13.9. The highest BCUT2D eigenvalue weighted by Gasteiger charge is 2.05. The Morgan fingerprint density at radius 2 is 1.48 bits per heavy atom. The van der Waals surface area contributed by atoms with Gasteiger partial charge in [0.05, 0.1) is 21.3 Å². The topological polar surface area (TPSA) is 114 Å². The quantitative estimate of drug-likeness (QED) is 0.629.